The van der Waals surface area contributed by atoms with Crippen molar-refractivity contribution in [3.63, 3.8) is 0 Å². The number of anilines is 1. The summed E-state index contributed by atoms with van der Waals surface area (Å²) < 4.78 is 5.45. The average Bonchev–Trinajstić information content (AvgIpc) is 2.90. The van der Waals surface area contributed by atoms with Crippen LogP contribution in [0.25, 0.3) is 10.8 Å². The second-order valence-corrected chi connectivity index (χ2v) is 11.8. The van der Waals surface area contributed by atoms with Crippen molar-refractivity contribution in [2.45, 2.75) is 85.5 Å². The summed E-state index contributed by atoms with van der Waals surface area (Å²) in [6.45, 7) is 14.4. The molecular weight excluding hydrogens is 518 g/mol. The topological polar surface area (TPSA) is 108 Å². The molecule has 3 aromatic rings. The summed E-state index contributed by atoms with van der Waals surface area (Å²) in [6.07, 6.45) is -0.114. The summed E-state index contributed by atoms with van der Waals surface area (Å²) in [5, 5.41) is 18.8. The maximum Gasteiger partial charge on any atom is 0.408 e. The van der Waals surface area contributed by atoms with Crippen molar-refractivity contribution in [1.82, 2.24) is 10.2 Å². The highest BCUT2D eigenvalue weighted by Crippen LogP contribution is 2.35. The molecule has 0 saturated heterocycles. The largest absolute Gasteiger partial charge is 0.507 e. The monoisotopic (exact) mass is 561 g/mol. The minimum Gasteiger partial charge on any atom is -0.507 e. The SMILES string of the molecule is CCC(C)C(NC(=O)OC(C)(C)C)C(=O)N(C(C)C)C(C(=O)Nc1ccc2ccccc2c1)c1cccc(C)c1O. The van der Waals surface area contributed by atoms with Gasteiger partial charge in [0.05, 0.1) is 0 Å². The first kappa shape index (κ1) is 31.5. The third kappa shape index (κ3) is 7.78. The summed E-state index contributed by atoms with van der Waals surface area (Å²) in [5.74, 6) is -1.25. The van der Waals surface area contributed by atoms with Crippen molar-refractivity contribution in [2.75, 3.05) is 5.32 Å². The molecule has 0 bridgehead atoms. The van der Waals surface area contributed by atoms with Gasteiger partial charge in [-0.1, -0.05) is 68.8 Å². The molecule has 3 aromatic carbocycles. The predicted octanol–water partition coefficient (Wildman–Crippen LogP) is 6.71. The molecule has 0 fully saturated rings. The van der Waals surface area contributed by atoms with Crippen LogP contribution in [0.4, 0.5) is 10.5 Å². The van der Waals surface area contributed by atoms with Gasteiger partial charge < -0.3 is 25.4 Å². The van der Waals surface area contributed by atoms with Gasteiger partial charge in [0.15, 0.2) is 0 Å². The van der Waals surface area contributed by atoms with Gasteiger partial charge in [-0.25, -0.2) is 4.79 Å². The number of hydrogen-bond donors (Lipinski definition) is 3. The molecule has 8 heteroatoms. The highest BCUT2D eigenvalue weighted by Gasteiger charge is 2.40. The number of carbonyl (C=O) groups excluding carboxylic acids is 3. The van der Waals surface area contributed by atoms with Crippen LogP contribution >= 0.6 is 0 Å². The molecule has 0 aliphatic rings. The van der Waals surface area contributed by atoms with Crippen LogP contribution in [0.2, 0.25) is 0 Å². The second kappa shape index (κ2) is 13.1. The van der Waals surface area contributed by atoms with Crippen molar-refractivity contribution < 1.29 is 24.2 Å². The van der Waals surface area contributed by atoms with Crippen molar-refractivity contribution in [3.05, 3.63) is 71.8 Å². The zero-order chi connectivity index (χ0) is 30.5. The van der Waals surface area contributed by atoms with E-state index in [0.29, 0.717) is 23.2 Å². The van der Waals surface area contributed by atoms with E-state index in [4.69, 9.17) is 4.74 Å². The number of carbonyl (C=O) groups is 3. The lowest BCUT2D eigenvalue weighted by Crippen LogP contribution is -2.56. The number of nitrogens with one attached hydrogen (secondary N) is 2. The van der Waals surface area contributed by atoms with Gasteiger partial charge in [0.25, 0.3) is 5.91 Å². The van der Waals surface area contributed by atoms with Crippen LogP contribution in [0, 0.1) is 12.8 Å². The molecule has 0 heterocycles. The first-order valence-corrected chi connectivity index (χ1v) is 14.1. The Hall–Kier alpha value is -4.07. The molecule has 3 N–H and O–H groups in total. The fraction of sp³-hybridized carbons (Fsp3) is 0.424. The van der Waals surface area contributed by atoms with Gasteiger partial charge >= 0.3 is 6.09 Å². The average molecular weight is 562 g/mol. The number of alkyl carbamates (subject to hydrolysis) is 1. The molecule has 3 atom stereocenters. The van der Waals surface area contributed by atoms with E-state index in [-0.39, 0.29) is 11.7 Å². The zero-order valence-electron chi connectivity index (χ0n) is 25.3. The van der Waals surface area contributed by atoms with E-state index in [1.54, 1.807) is 52.0 Å². The molecule has 0 aromatic heterocycles. The number of phenolic OH excluding ortho intramolecular Hbond substituents is 1. The highest BCUT2D eigenvalue weighted by molar-refractivity contribution is 6.01. The van der Waals surface area contributed by atoms with Gasteiger partial charge in [-0.15, -0.1) is 0 Å². The Bertz CT molecular complexity index is 1400. The third-order valence-corrected chi connectivity index (χ3v) is 7.07. The van der Waals surface area contributed by atoms with Gasteiger partial charge in [0.1, 0.15) is 23.4 Å². The van der Waals surface area contributed by atoms with Crippen LogP contribution in [0.1, 0.15) is 72.1 Å². The number of benzene rings is 3. The Labute approximate surface area is 243 Å². The first-order chi connectivity index (χ1) is 19.2. The van der Waals surface area contributed by atoms with Crippen LogP contribution in [-0.2, 0) is 14.3 Å². The van der Waals surface area contributed by atoms with Gasteiger partial charge in [-0.2, -0.15) is 0 Å². The van der Waals surface area contributed by atoms with Crippen LogP contribution in [0.5, 0.6) is 5.75 Å². The van der Waals surface area contributed by atoms with Crippen molar-refractivity contribution in [3.8, 4) is 5.75 Å². The summed E-state index contributed by atoms with van der Waals surface area (Å²) in [4.78, 5) is 42.7. The fourth-order valence-corrected chi connectivity index (χ4v) is 4.76. The summed E-state index contributed by atoms with van der Waals surface area (Å²) in [6, 6.07) is 15.9. The van der Waals surface area contributed by atoms with E-state index < -0.39 is 41.6 Å². The Morgan fingerprint density at radius 2 is 1.61 bits per heavy atom. The second-order valence-electron chi connectivity index (χ2n) is 11.8. The minimum atomic E-state index is -1.18. The van der Waals surface area contributed by atoms with Crippen molar-refractivity contribution >= 4 is 34.4 Å². The zero-order valence-corrected chi connectivity index (χ0v) is 25.3. The number of rotatable bonds is 9. The quantitative estimate of drug-likeness (QED) is 0.269. The van der Waals surface area contributed by atoms with Crippen LogP contribution < -0.4 is 10.6 Å². The lowest BCUT2D eigenvalue weighted by Gasteiger charge is -2.38. The van der Waals surface area contributed by atoms with Crippen LogP contribution in [0.15, 0.2) is 60.7 Å². The highest BCUT2D eigenvalue weighted by atomic mass is 16.6. The molecule has 41 heavy (non-hydrogen) atoms. The van der Waals surface area contributed by atoms with E-state index >= 15 is 0 Å². The van der Waals surface area contributed by atoms with E-state index in [1.165, 1.54) is 4.90 Å². The van der Waals surface area contributed by atoms with Crippen LogP contribution in [-0.4, -0.2) is 45.6 Å². The number of fused-ring (bicyclic) bond motifs is 1. The van der Waals surface area contributed by atoms with Gasteiger partial charge in [-0.05, 0) is 75.9 Å². The Morgan fingerprint density at radius 1 is 0.951 bits per heavy atom. The third-order valence-electron chi connectivity index (χ3n) is 7.07. The van der Waals surface area contributed by atoms with E-state index in [2.05, 4.69) is 10.6 Å². The summed E-state index contributed by atoms with van der Waals surface area (Å²) in [5.41, 5.74) is 0.686. The number of amides is 3. The molecule has 0 saturated carbocycles. The standard InChI is InChI=1S/C33H43N3O5/c1-9-21(4)27(35-32(40)41-33(6,7)8)31(39)36(20(2)3)28(26-16-12-13-22(5)29(26)37)30(38)34-25-18-17-23-14-10-11-15-24(23)19-25/h10-21,27-28,37H,9H2,1-8H3,(H,34,38)(H,35,40). The minimum absolute atomic E-state index is 0.0650. The number of ether oxygens (including phenoxy) is 1. The molecule has 220 valence electrons. The molecule has 3 unspecified atom stereocenters. The lowest BCUT2D eigenvalue weighted by atomic mass is 9.94. The molecule has 8 nitrogen and oxygen atoms in total. The fourth-order valence-electron chi connectivity index (χ4n) is 4.76. The van der Waals surface area contributed by atoms with Crippen molar-refractivity contribution in [1.29, 1.82) is 0 Å². The summed E-state index contributed by atoms with van der Waals surface area (Å²) >= 11 is 0. The molecule has 3 amide bonds. The first-order valence-electron chi connectivity index (χ1n) is 14.1. The number of aryl methyl sites for hydroxylation is 1. The van der Waals surface area contributed by atoms with Gasteiger partial charge in [-0.3, -0.25) is 9.59 Å². The molecule has 0 aliphatic heterocycles. The van der Waals surface area contributed by atoms with E-state index in [9.17, 15) is 19.5 Å². The van der Waals surface area contributed by atoms with E-state index in [1.807, 2.05) is 64.1 Å². The van der Waals surface area contributed by atoms with E-state index in [0.717, 1.165) is 10.8 Å². The maximum absolute atomic E-state index is 14.3. The molecule has 3 rings (SSSR count). The maximum atomic E-state index is 14.3. The normalized spacial score (nSPS) is 13.8. The molecule has 0 aliphatic carbocycles. The predicted molar refractivity (Wildman–Crippen MR) is 163 cm³/mol. The Morgan fingerprint density at radius 3 is 2.22 bits per heavy atom. The lowest BCUT2D eigenvalue weighted by molar-refractivity contribution is -0.144. The Kier molecular flexibility index (Phi) is 10.0. The number of nitrogens with zero attached hydrogens (tertiary/aromatic N) is 1. The molecule has 0 spiro atoms. The number of hydrogen-bond acceptors (Lipinski definition) is 5. The Balaban J connectivity index is 2.08. The number of aromatic hydroxyl groups is 1. The molecule has 0 radical (unpaired) electrons. The molecular formula is C33H43N3O5. The summed E-state index contributed by atoms with van der Waals surface area (Å²) in [7, 11) is 0. The number of para-hydroxylation sites is 1. The van der Waals surface area contributed by atoms with Gasteiger partial charge in [0, 0.05) is 17.3 Å². The smallest absolute Gasteiger partial charge is 0.408 e. The van der Waals surface area contributed by atoms with Gasteiger partial charge in [0.2, 0.25) is 5.91 Å². The van der Waals surface area contributed by atoms with Crippen LogP contribution in [0.3, 0.4) is 0 Å². The van der Waals surface area contributed by atoms with Crippen molar-refractivity contribution in [2.24, 2.45) is 5.92 Å². The number of phenols is 1.